The zero-order chi connectivity index (χ0) is 29.9. The van der Waals surface area contributed by atoms with Crippen molar-refractivity contribution in [2.24, 2.45) is 5.41 Å². The first-order chi connectivity index (χ1) is 21.6. The van der Waals surface area contributed by atoms with Crippen LogP contribution in [0.15, 0.2) is 97.5 Å². The number of rotatable bonds is 6. The lowest BCUT2D eigenvalue weighted by molar-refractivity contribution is 0.0384. The number of carbonyl (C=O) groups is 1. The van der Waals surface area contributed by atoms with Crippen LogP contribution >= 0.6 is 11.6 Å². The molecule has 3 heterocycles. The van der Waals surface area contributed by atoms with E-state index in [1.807, 2.05) is 77.7 Å². The minimum Gasteiger partial charge on any atom is -0.457 e. The van der Waals surface area contributed by atoms with Crippen LogP contribution < -0.4 is 4.74 Å². The molecule has 2 aromatic heterocycles. The Kier molecular flexibility index (Phi) is 7.96. The van der Waals surface area contributed by atoms with Gasteiger partial charge in [-0.1, -0.05) is 72.3 Å². The summed E-state index contributed by atoms with van der Waals surface area (Å²) in [6.45, 7) is 1.82. The summed E-state index contributed by atoms with van der Waals surface area (Å²) in [7, 11) is 0. The second-order valence-corrected chi connectivity index (χ2v) is 12.4. The molecule has 2 fully saturated rings. The van der Waals surface area contributed by atoms with Crippen LogP contribution in [0, 0.1) is 5.41 Å². The van der Waals surface area contributed by atoms with E-state index in [1.54, 1.807) is 6.33 Å². The Hall–Kier alpha value is -4.36. The third kappa shape index (κ3) is 5.89. The minimum atomic E-state index is -0.208. The number of piperidine rings is 1. The summed E-state index contributed by atoms with van der Waals surface area (Å²) in [6.07, 6.45) is 9.96. The highest BCUT2D eigenvalue weighted by atomic mass is 35.5. The summed E-state index contributed by atoms with van der Waals surface area (Å²) in [5.74, 6) is 1.58. The lowest BCUT2D eigenvalue weighted by Crippen LogP contribution is -2.44. The molecule has 1 saturated heterocycles. The molecule has 5 aromatic rings. The number of hydrogen-bond acceptors (Lipinski definition) is 5. The second-order valence-electron chi connectivity index (χ2n) is 12.0. The number of carbonyl (C=O) groups excluding carboxylic acids is 1. The normalized spacial score (nSPS) is 16.7. The van der Waals surface area contributed by atoms with Gasteiger partial charge in [0.15, 0.2) is 0 Å². The maximum Gasteiger partial charge on any atom is 0.410 e. The van der Waals surface area contributed by atoms with Crippen molar-refractivity contribution in [1.82, 2.24) is 19.4 Å². The number of ether oxygens (including phenoxy) is 2. The van der Waals surface area contributed by atoms with E-state index in [4.69, 9.17) is 26.1 Å². The van der Waals surface area contributed by atoms with Gasteiger partial charge in [-0.25, -0.2) is 14.8 Å². The predicted molar refractivity (Wildman–Crippen MR) is 172 cm³/mol. The fourth-order valence-corrected chi connectivity index (χ4v) is 7.07. The Morgan fingerprint density at radius 1 is 0.841 bits per heavy atom. The van der Waals surface area contributed by atoms with Crippen LogP contribution in [0.4, 0.5) is 4.79 Å². The van der Waals surface area contributed by atoms with Gasteiger partial charge in [0.25, 0.3) is 0 Å². The Morgan fingerprint density at radius 3 is 2.20 bits per heavy atom. The summed E-state index contributed by atoms with van der Waals surface area (Å²) in [5.41, 5.74) is 4.24. The third-order valence-electron chi connectivity index (χ3n) is 9.40. The number of halogens is 1. The van der Waals surface area contributed by atoms with Crippen molar-refractivity contribution in [3.63, 3.8) is 0 Å². The number of likely N-dealkylation sites (tertiary alicyclic amines) is 1. The van der Waals surface area contributed by atoms with Crippen LogP contribution in [0.3, 0.4) is 0 Å². The lowest BCUT2D eigenvalue weighted by Gasteiger charge is -2.45. The highest BCUT2D eigenvalue weighted by Gasteiger charge is 2.40. The van der Waals surface area contributed by atoms with Crippen LogP contribution in [0.5, 0.6) is 11.5 Å². The van der Waals surface area contributed by atoms with E-state index in [9.17, 15) is 4.79 Å². The zero-order valence-electron chi connectivity index (χ0n) is 24.6. The number of nitrogens with zero attached hydrogens (tertiary/aromatic N) is 4. The molecule has 2 aliphatic rings. The first kappa shape index (κ1) is 28.4. The van der Waals surface area contributed by atoms with Crippen LogP contribution in [0.2, 0.25) is 5.15 Å². The van der Waals surface area contributed by atoms with E-state index in [2.05, 4.69) is 27.9 Å². The number of para-hydroxylation sites is 1. The monoisotopic (exact) mass is 606 g/mol. The molecule has 7 rings (SSSR count). The fourth-order valence-electron chi connectivity index (χ4n) is 6.84. The van der Waals surface area contributed by atoms with Gasteiger partial charge in [-0.2, -0.15) is 0 Å². The highest BCUT2D eigenvalue weighted by Crippen LogP contribution is 2.49. The number of fused-ring (bicyclic) bond motifs is 1. The molecule has 44 heavy (non-hydrogen) atoms. The zero-order valence-corrected chi connectivity index (χ0v) is 25.3. The van der Waals surface area contributed by atoms with Gasteiger partial charge >= 0.3 is 6.09 Å². The van der Waals surface area contributed by atoms with Crippen molar-refractivity contribution in [1.29, 1.82) is 0 Å². The van der Waals surface area contributed by atoms with Gasteiger partial charge in [0.05, 0.1) is 5.39 Å². The molecule has 0 N–H and O–H groups in total. The molecule has 1 amide bonds. The first-order valence-corrected chi connectivity index (χ1v) is 15.7. The Balaban J connectivity index is 1.02. The van der Waals surface area contributed by atoms with Crippen LogP contribution in [0.1, 0.15) is 50.1 Å². The number of amides is 1. The standard InChI is InChI=1S/C36H35ClN4O3/c37-33-32-31(27-11-13-30(14-12-27)44-29-9-5-2-6-10-29)23-41(34(32)39-25-38-33)28-15-17-36(18-16-28)19-21-40(22-20-36)35(42)43-24-26-7-3-1-4-8-26/h1-14,23,25,28H,15-22,24H2. The van der Waals surface area contributed by atoms with E-state index in [0.29, 0.717) is 17.8 Å². The molecule has 7 nitrogen and oxygen atoms in total. The van der Waals surface area contributed by atoms with E-state index < -0.39 is 0 Å². The van der Waals surface area contributed by atoms with E-state index in [1.165, 1.54) is 0 Å². The molecule has 3 aromatic carbocycles. The van der Waals surface area contributed by atoms with Crippen molar-refractivity contribution in [2.45, 2.75) is 51.2 Å². The maximum atomic E-state index is 12.7. The van der Waals surface area contributed by atoms with Crippen molar-refractivity contribution < 1.29 is 14.3 Å². The molecule has 1 aliphatic heterocycles. The summed E-state index contributed by atoms with van der Waals surface area (Å²) in [6, 6.07) is 28.0. The molecule has 0 bridgehead atoms. The van der Waals surface area contributed by atoms with Gasteiger partial charge in [0.1, 0.15) is 35.2 Å². The van der Waals surface area contributed by atoms with Crippen molar-refractivity contribution in [3.05, 3.63) is 108 Å². The largest absolute Gasteiger partial charge is 0.457 e. The maximum absolute atomic E-state index is 12.7. The average Bonchev–Trinajstić information content (AvgIpc) is 3.47. The summed E-state index contributed by atoms with van der Waals surface area (Å²) in [5, 5.41) is 1.35. The van der Waals surface area contributed by atoms with E-state index in [-0.39, 0.29) is 11.5 Å². The Labute approximate surface area is 262 Å². The number of hydrogen-bond donors (Lipinski definition) is 0. The number of benzene rings is 3. The van der Waals surface area contributed by atoms with Crippen molar-refractivity contribution in [3.8, 4) is 22.6 Å². The molecule has 224 valence electrons. The summed E-state index contributed by atoms with van der Waals surface area (Å²) in [4.78, 5) is 23.6. The Morgan fingerprint density at radius 2 is 1.50 bits per heavy atom. The smallest absolute Gasteiger partial charge is 0.410 e. The molecular weight excluding hydrogens is 572 g/mol. The van der Waals surface area contributed by atoms with Crippen molar-refractivity contribution in [2.75, 3.05) is 13.1 Å². The highest BCUT2D eigenvalue weighted by molar-refractivity contribution is 6.35. The average molecular weight is 607 g/mol. The molecule has 1 saturated carbocycles. The molecule has 0 radical (unpaired) electrons. The molecule has 8 heteroatoms. The van der Waals surface area contributed by atoms with Crippen LogP contribution in [-0.2, 0) is 11.3 Å². The summed E-state index contributed by atoms with van der Waals surface area (Å²) >= 11 is 6.68. The molecule has 1 spiro atoms. The molecule has 0 unspecified atom stereocenters. The topological polar surface area (TPSA) is 69.5 Å². The SMILES string of the molecule is O=C(OCc1ccccc1)N1CCC2(CCC(n3cc(-c4ccc(Oc5ccccc5)cc4)c4c(Cl)ncnc43)CC2)CC1. The predicted octanol–water partition coefficient (Wildman–Crippen LogP) is 9.08. The first-order valence-electron chi connectivity index (χ1n) is 15.4. The second kappa shape index (κ2) is 12.3. The van der Waals surface area contributed by atoms with E-state index in [0.717, 1.165) is 90.8 Å². The van der Waals surface area contributed by atoms with Gasteiger partial charge in [0, 0.05) is 30.9 Å². The van der Waals surface area contributed by atoms with Gasteiger partial charge in [-0.15, -0.1) is 0 Å². The van der Waals surface area contributed by atoms with E-state index >= 15 is 0 Å². The quantitative estimate of drug-likeness (QED) is 0.180. The van der Waals surface area contributed by atoms with Gasteiger partial charge in [-0.05, 0) is 79.3 Å². The molecule has 1 aliphatic carbocycles. The van der Waals surface area contributed by atoms with Crippen LogP contribution in [0.25, 0.3) is 22.2 Å². The lowest BCUT2D eigenvalue weighted by atomic mass is 9.67. The van der Waals surface area contributed by atoms with Crippen LogP contribution in [-0.4, -0.2) is 38.6 Å². The third-order valence-corrected chi connectivity index (χ3v) is 9.69. The van der Waals surface area contributed by atoms with Gasteiger partial charge in [-0.3, -0.25) is 0 Å². The van der Waals surface area contributed by atoms with Gasteiger partial charge in [0.2, 0.25) is 0 Å². The fraction of sp³-hybridized carbons (Fsp3) is 0.306. The minimum absolute atomic E-state index is 0.208. The Bertz CT molecular complexity index is 1720. The number of aromatic nitrogens is 3. The summed E-state index contributed by atoms with van der Waals surface area (Å²) < 4.78 is 13.9. The molecular formula is C36H35ClN4O3. The van der Waals surface area contributed by atoms with Gasteiger partial charge < -0.3 is 18.9 Å². The van der Waals surface area contributed by atoms with Crippen molar-refractivity contribution >= 4 is 28.7 Å². The molecule has 0 atom stereocenters.